The van der Waals surface area contributed by atoms with Gasteiger partial charge < -0.3 is 10.1 Å². The van der Waals surface area contributed by atoms with E-state index in [2.05, 4.69) is 10.4 Å². The fourth-order valence-corrected chi connectivity index (χ4v) is 2.34. The van der Waals surface area contributed by atoms with Gasteiger partial charge in [-0.1, -0.05) is 29.3 Å². The molecule has 0 aliphatic heterocycles. The predicted octanol–water partition coefficient (Wildman–Crippen LogP) is 3.19. The highest BCUT2D eigenvalue weighted by atomic mass is 35.5. The van der Waals surface area contributed by atoms with Crippen LogP contribution in [0, 0.1) is 0 Å². The average Bonchev–Trinajstić information content (AvgIpc) is 2.49. The van der Waals surface area contributed by atoms with Crippen molar-refractivity contribution >= 4 is 28.9 Å². The number of anilines is 1. The minimum absolute atomic E-state index is 0.109. The molecule has 0 spiro atoms. The normalized spacial score (nSPS) is 10.5. The zero-order valence-corrected chi connectivity index (χ0v) is 13.2. The standard InChI is InChI=1S/C14H15Cl2N3O2/c1-3-19-14(20)13(16)11(8-18-19)17-7-9-10(15)5-4-6-12(9)21-2/h4-6,8,17H,3,7H2,1-2H3. The highest BCUT2D eigenvalue weighted by Crippen LogP contribution is 2.27. The van der Waals surface area contributed by atoms with Gasteiger partial charge in [-0.2, -0.15) is 5.10 Å². The Labute approximate surface area is 132 Å². The van der Waals surface area contributed by atoms with E-state index in [0.717, 1.165) is 5.56 Å². The number of hydrogen-bond donors (Lipinski definition) is 1. The maximum atomic E-state index is 11.9. The minimum Gasteiger partial charge on any atom is -0.496 e. The van der Waals surface area contributed by atoms with Crippen molar-refractivity contribution in [3.63, 3.8) is 0 Å². The zero-order valence-electron chi connectivity index (χ0n) is 11.7. The lowest BCUT2D eigenvalue weighted by atomic mass is 10.2. The molecule has 0 fully saturated rings. The van der Waals surface area contributed by atoms with E-state index in [-0.39, 0.29) is 10.6 Å². The molecule has 0 bridgehead atoms. The van der Waals surface area contributed by atoms with Crippen molar-refractivity contribution in [2.24, 2.45) is 0 Å². The van der Waals surface area contributed by atoms with Crippen LogP contribution in [0.2, 0.25) is 10.0 Å². The van der Waals surface area contributed by atoms with E-state index in [9.17, 15) is 4.79 Å². The Morgan fingerprint density at radius 1 is 1.38 bits per heavy atom. The molecule has 5 nitrogen and oxygen atoms in total. The summed E-state index contributed by atoms with van der Waals surface area (Å²) in [6, 6.07) is 5.40. The van der Waals surface area contributed by atoms with Crippen molar-refractivity contribution < 1.29 is 4.74 Å². The number of methoxy groups -OCH3 is 1. The van der Waals surface area contributed by atoms with Crippen molar-refractivity contribution in [3.8, 4) is 5.75 Å². The maximum Gasteiger partial charge on any atom is 0.287 e. The summed E-state index contributed by atoms with van der Waals surface area (Å²) in [5, 5.41) is 7.78. The van der Waals surface area contributed by atoms with Crippen molar-refractivity contribution in [1.82, 2.24) is 9.78 Å². The van der Waals surface area contributed by atoms with Gasteiger partial charge in [0.25, 0.3) is 5.56 Å². The van der Waals surface area contributed by atoms with Gasteiger partial charge in [-0.15, -0.1) is 0 Å². The highest BCUT2D eigenvalue weighted by Gasteiger charge is 2.11. The number of nitrogens with one attached hydrogen (secondary N) is 1. The van der Waals surface area contributed by atoms with E-state index in [4.69, 9.17) is 27.9 Å². The van der Waals surface area contributed by atoms with E-state index < -0.39 is 0 Å². The van der Waals surface area contributed by atoms with E-state index in [1.165, 1.54) is 10.9 Å². The molecule has 112 valence electrons. The summed E-state index contributed by atoms with van der Waals surface area (Å²) in [4.78, 5) is 11.9. The van der Waals surface area contributed by atoms with Crippen molar-refractivity contribution in [2.75, 3.05) is 12.4 Å². The molecule has 0 radical (unpaired) electrons. The number of hydrogen-bond acceptors (Lipinski definition) is 4. The van der Waals surface area contributed by atoms with Crippen LogP contribution < -0.4 is 15.6 Å². The molecule has 0 atom stereocenters. The summed E-state index contributed by atoms with van der Waals surface area (Å²) in [6.45, 7) is 2.67. The fraction of sp³-hybridized carbons (Fsp3) is 0.286. The van der Waals surface area contributed by atoms with Gasteiger partial charge in [-0.25, -0.2) is 4.68 Å². The minimum atomic E-state index is -0.324. The third-order valence-corrected chi connectivity index (χ3v) is 3.76. The van der Waals surface area contributed by atoms with E-state index >= 15 is 0 Å². The number of aryl methyl sites for hydroxylation is 1. The Morgan fingerprint density at radius 3 is 2.81 bits per heavy atom. The first kappa shape index (κ1) is 15.7. The highest BCUT2D eigenvalue weighted by molar-refractivity contribution is 6.33. The summed E-state index contributed by atoms with van der Waals surface area (Å²) in [7, 11) is 1.58. The number of benzene rings is 1. The smallest absolute Gasteiger partial charge is 0.287 e. The van der Waals surface area contributed by atoms with E-state index in [0.29, 0.717) is 29.5 Å². The third kappa shape index (κ3) is 3.31. The first-order valence-corrected chi connectivity index (χ1v) is 7.15. The number of halogens is 2. The molecule has 1 heterocycles. The van der Waals surface area contributed by atoms with E-state index in [1.54, 1.807) is 13.2 Å². The second-order valence-electron chi connectivity index (χ2n) is 4.27. The lowest BCUT2D eigenvalue weighted by Crippen LogP contribution is -2.23. The van der Waals surface area contributed by atoms with Crippen LogP contribution in [0.5, 0.6) is 5.75 Å². The van der Waals surface area contributed by atoms with Gasteiger partial charge in [0.2, 0.25) is 0 Å². The SMILES string of the molecule is CCn1ncc(NCc2c(Cl)cccc2OC)c(Cl)c1=O. The van der Waals surface area contributed by atoms with Crippen LogP contribution in [0.25, 0.3) is 0 Å². The van der Waals surface area contributed by atoms with Gasteiger partial charge in [-0.05, 0) is 19.1 Å². The summed E-state index contributed by atoms with van der Waals surface area (Å²) in [6.07, 6.45) is 1.52. The fourth-order valence-electron chi connectivity index (χ4n) is 1.90. The summed E-state index contributed by atoms with van der Waals surface area (Å²) in [5.41, 5.74) is 0.932. The molecule has 0 amide bonds. The van der Waals surface area contributed by atoms with Crippen molar-refractivity contribution in [1.29, 1.82) is 0 Å². The molecule has 0 saturated carbocycles. The molecule has 0 unspecified atom stereocenters. The van der Waals surface area contributed by atoms with Gasteiger partial charge in [0.1, 0.15) is 10.8 Å². The molecule has 0 saturated heterocycles. The average molecular weight is 328 g/mol. The molecule has 1 aromatic heterocycles. The van der Waals surface area contributed by atoms with E-state index in [1.807, 2.05) is 19.1 Å². The first-order chi connectivity index (χ1) is 10.1. The molecule has 0 aliphatic carbocycles. The van der Waals surface area contributed by atoms with Gasteiger partial charge in [-0.3, -0.25) is 4.79 Å². The Bertz CT molecular complexity index is 701. The molecule has 21 heavy (non-hydrogen) atoms. The second kappa shape index (κ2) is 6.83. The molecule has 7 heteroatoms. The molecule has 1 aromatic carbocycles. The van der Waals surface area contributed by atoms with Gasteiger partial charge >= 0.3 is 0 Å². The monoisotopic (exact) mass is 327 g/mol. The molecule has 1 N–H and O–H groups in total. The summed E-state index contributed by atoms with van der Waals surface area (Å²) in [5.74, 6) is 0.668. The quantitative estimate of drug-likeness (QED) is 0.916. The molecular formula is C14H15Cl2N3O2. The largest absolute Gasteiger partial charge is 0.496 e. The summed E-state index contributed by atoms with van der Waals surface area (Å²) < 4.78 is 6.56. The second-order valence-corrected chi connectivity index (χ2v) is 5.05. The lowest BCUT2D eigenvalue weighted by Gasteiger charge is -2.13. The van der Waals surface area contributed by atoms with Crippen LogP contribution in [0.4, 0.5) is 5.69 Å². The maximum absolute atomic E-state index is 11.9. The Hall–Kier alpha value is -1.72. The van der Waals surface area contributed by atoms with Gasteiger partial charge in [0, 0.05) is 23.7 Å². The Morgan fingerprint density at radius 2 is 2.14 bits per heavy atom. The molecule has 2 aromatic rings. The number of ether oxygens (including phenoxy) is 1. The van der Waals surface area contributed by atoms with Crippen LogP contribution in [0.3, 0.4) is 0 Å². The first-order valence-electron chi connectivity index (χ1n) is 6.39. The van der Waals surface area contributed by atoms with Crippen molar-refractivity contribution in [3.05, 3.63) is 50.4 Å². The zero-order chi connectivity index (χ0) is 15.4. The lowest BCUT2D eigenvalue weighted by molar-refractivity contribution is 0.410. The van der Waals surface area contributed by atoms with Crippen LogP contribution >= 0.6 is 23.2 Å². The number of aromatic nitrogens is 2. The topological polar surface area (TPSA) is 56.1 Å². The van der Waals surface area contributed by atoms with Crippen LogP contribution in [-0.4, -0.2) is 16.9 Å². The van der Waals surface area contributed by atoms with Gasteiger partial charge in [0.15, 0.2) is 0 Å². The Kier molecular flexibility index (Phi) is 5.09. The molecular weight excluding hydrogens is 313 g/mol. The third-order valence-electron chi connectivity index (χ3n) is 3.04. The predicted molar refractivity (Wildman–Crippen MR) is 84.5 cm³/mol. The Balaban J connectivity index is 2.25. The summed E-state index contributed by atoms with van der Waals surface area (Å²) >= 11 is 12.2. The molecule has 0 aliphatic rings. The number of nitrogens with zero attached hydrogens (tertiary/aromatic N) is 2. The van der Waals surface area contributed by atoms with Crippen LogP contribution in [0.15, 0.2) is 29.2 Å². The van der Waals surface area contributed by atoms with Gasteiger partial charge in [0.05, 0.1) is 19.0 Å². The van der Waals surface area contributed by atoms with Crippen LogP contribution in [0.1, 0.15) is 12.5 Å². The number of rotatable bonds is 5. The van der Waals surface area contributed by atoms with Crippen LogP contribution in [-0.2, 0) is 13.1 Å². The molecule has 2 rings (SSSR count). The van der Waals surface area contributed by atoms with Crippen molar-refractivity contribution in [2.45, 2.75) is 20.0 Å².